The first-order chi connectivity index (χ1) is 8.74. The minimum Gasteiger partial charge on any atom is -0.315 e. The van der Waals surface area contributed by atoms with Crippen molar-refractivity contribution in [3.63, 3.8) is 0 Å². The van der Waals surface area contributed by atoms with Gasteiger partial charge in [0.2, 0.25) is 0 Å². The van der Waals surface area contributed by atoms with E-state index in [0.717, 1.165) is 38.2 Å². The van der Waals surface area contributed by atoms with Gasteiger partial charge in [0, 0.05) is 19.5 Å². The van der Waals surface area contributed by atoms with Crippen LogP contribution in [0.3, 0.4) is 0 Å². The van der Waals surface area contributed by atoms with Crippen molar-refractivity contribution < 1.29 is 4.79 Å². The smallest absolute Gasteiger partial charge is 0.151 e. The van der Waals surface area contributed by atoms with E-state index in [-0.39, 0.29) is 0 Å². The third kappa shape index (κ3) is 4.24. The Balaban J connectivity index is 1.84. The van der Waals surface area contributed by atoms with E-state index in [4.69, 9.17) is 0 Å². The standard InChI is InChI=1S/C15H22N2O/c1-13-4-2-5-14(10-13)11-15(18)12-17-8-3-6-16-7-9-17/h2,4-5,10,16H,3,6-9,11-12H2,1H3. The van der Waals surface area contributed by atoms with E-state index < -0.39 is 0 Å². The predicted molar refractivity (Wildman–Crippen MR) is 73.8 cm³/mol. The molecule has 1 fully saturated rings. The Hall–Kier alpha value is -1.19. The van der Waals surface area contributed by atoms with E-state index in [1.807, 2.05) is 12.1 Å². The molecule has 18 heavy (non-hydrogen) atoms. The molecule has 0 amide bonds. The molecule has 98 valence electrons. The third-order valence-electron chi connectivity index (χ3n) is 3.32. The van der Waals surface area contributed by atoms with Gasteiger partial charge in [-0.1, -0.05) is 29.8 Å². The predicted octanol–water partition coefficient (Wildman–Crippen LogP) is 1.40. The first-order valence-electron chi connectivity index (χ1n) is 6.74. The topological polar surface area (TPSA) is 32.3 Å². The molecule has 1 heterocycles. The van der Waals surface area contributed by atoms with Gasteiger partial charge in [0.25, 0.3) is 0 Å². The molecule has 0 bridgehead atoms. The SMILES string of the molecule is Cc1cccc(CC(=O)CN2CCCNCC2)c1. The zero-order valence-electron chi connectivity index (χ0n) is 11.1. The van der Waals surface area contributed by atoms with Crippen LogP contribution < -0.4 is 5.32 Å². The van der Waals surface area contributed by atoms with E-state index in [9.17, 15) is 4.79 Å². The number of hydrogen-bond donors (Lipinski definition) is 1. The largest absolute Gasteiger partial charge is 0.315 e. The van der Waals surface area contributed by atoms with Crippen LogP contribution in [0.4, 0.5) is 0 Å². The van der Waals surface area contributed by atoms with Crippen LogP contribution in [0.1, 0.15) is 17.5 Å². The summed E-state index contributed by atoms with van der Waals surface area (Å²) >= 11 is 0. The van der Waals surface area contributed by atoms with Gasteiger partial charge in [-0.2, -0.15) is 0 Å². The zero-order valence-corrected chi connectivity index (χ0v) is 11.1. The molecule has 0 radical (unpaired) electrons. The summed E-state index contributed by atoms with van der Waals surface area (Å²) in [6.45, 7) is 6.75. The molecule has 1 aromatic carbocycles. The molecule has 1 aliphatic heterocycles. The quantitative estimate of drug-likeness (QED) is 0.871. The summed E-state index contributed by atoms with van der Waals surface area (Å²) in [6, 6.07) is 8.22. The van der Waals surface area contributed by atoms with Gasteiger partial charge >= 0.3 is 0 Å². The number of carbonyl (C=O) groups is 1. The lowest BCUT2D eigenvalue weighted by Gasteiger charge is -2.18. The Bertz CT molecular complexity index is 395. The van der Waals surface area contributed by atoms with Gasteiger partial charge in [-0.15, -0.1) is 0 Å². The highest BCUT2D eigenvalue weighted by atomic mass is 16.1. The second-order valence-corrected chi connectivity index (χ2v) is 5.08. The maximum Gasteiger partial charge on any atom is 0.151 e. The summed E-state index contributed by atoms with van der Waals surface area (Å²) in [6.07, 6.45) is 1.70. The number of carbonyl (C=O) groups excluding carboxylic acids is 1. The van der Waals surface area contributed by atoms with Gasteiger partial charge in [0.15, 0.2) is 5.78 Å². The molecule has 1 aromatic rings. The Labute approximate surface area is 109 Å². The number of nitrogens with zero attached hydrogens (tertiary/aromatic N) is 1. The Morgan fingerprint density at radius 3 is 3.06 bits per heavy atom. The van der Waals surface area contributed by atoms with Crippen molar-refractivity contribution in [2.45, 2.75) is 19.8 Å². The molecular weight excluding hydrogens is 224 g/mol. The molecular formula is C15H22N2O. The fraction of sp³-hybridized carbons (Fsp3) is 0.533. The molecule has 1 saturated heterocycles. The first kappa shape index (κ1) is 13.2. The Morgan fingerprint density at radius 2 is 2.22 bits per heavy atom. The number of nitrogens with one attached hydrogen (secondary N) is 1. The molecule has 2 rings (SSSR count). The third-order valence-corrected chi connectivity index (χ3v) is 3.32. The lowest BCUT2D eigenvalue weighted by molar-refractivity contribution is -0.119. The molecule has 3 heteroatoms. The van der Waals surface area contributed by atoms with Crippen molar-refractivity contribution in [1.29, 1.82) is 0 Å². The number of Topliss-reactive ketones (excluding diaryl/α,β-unsaturated/α-hetero) is 1. The normalized spacial score (nSPS) is 17.4. The average molecular weight is 246 g/mol. The maximum atomic E-state index is 12.0. The average Bonchev–Trinajstić information content (AvgIpc) is 2.57. The van der Waals surface area contributed by atoms with Crippen molar-refractivity contribution in [2.75, 3.05) is 32.7 Å². The van der Waals surface area contributed by atoms with Gasteiger partial charge in [0.05, 0.1) is 6.54 Å². The summed E-state index contributed by atoms with van der Waals surface area (Å²) in [5, 5.41) is 3.35. The highest BCUT2D eigenvalue weighted by Gasteiger charge is 2.12. The fourth-order valence-corrected chi connectivity index (χ4v) is 2.41. The van der Waals surface area contributed by atoms with E-state index in [0.29, 0.717) is 18.7 Å². The van der Waals surface area contributed by atoms with Gasteiger partial charge in [0.1, 0.15) is 0 Å². The van der Waals surface area contributed by atoms with Crippen LogP contribution in [0.2, 0.25) is 0 Å². The lowest BCUT2D eigenvalue weighted by Crippen LogP contribution is -2.33. The minimum absolute atomic E-state index is 0.322. The molecule has 0 unspecified atom stereocenters. The number of ketones is 1. The van der Waals surface area contributed by atoms with Crippen molar-refractivity contribution >= 4 is 5.78 Å². The van der Waals surface area contributed by atoms with E-state index in [1.54, 1.807) is 0 Å². The number of rotatable bonds is 4. The zero-order chi connectivity index (χ0) is 12.8. The van der Waals surface area contributed by atoms with Gasteiger partial charge in [-0.3, -0.25) is 9.69 Å². The van der Waals surface area contributed by atoms with Crippen LogP contribution in [0.25, 0.3) is 0 Å². The first-order valence-corrected chi connectivity index (χ1v) is 6.74. The summed E-state index contributed by atoms with van der Waals surface area (Å²) < 4.78 is 0. The van der Waals surface area contributed by atoms with Crippen molar-refractivity contribution in [3.8, 4) is 0 Å². The van der Waals surface area contributed by atoms with Crippen LogP contribution in [-0.2, 0) is 11.2 Å². The molecule has 1 N–H and O–H groups in total. The molecule has 0 saturated carbocycles. The van der Waals surface area contributed by atoms with Crippen LogP contribution >= 0.6 is 0 Å². The summed E-state index contributed by atoms with van der Waals surface area (Å²) in [7, 11) is 0. The van der Waals surface area contributed by atoms with Crippen LogP contribution in [0.15, 0.2) is 24.3 Å². The minimum atomic E-state index is 0.322. The molecule has 0 aliphatic carbocycles. The fourth-order valence-electron chi connectivity index (χ4n) is 2.41. The van der Waals surface area contributed by atoms with E-state index in [2.05, 4.69) is 29.3 Å². The molecule has 3 nitrogen and oxygen atoms in total. The maximum absolute atomic E-state index is 12.0. The second-order valence-electron chi connectivity index (χ2n) is 5.08. The van der Waals surface area contributed by atoms with Gasteiger partial charge in [-0.25, -0.2) is 0 Å². The van der Waals surface area contributed by atoms with Gasteiger partial charge < -0.3 is 5.32 Å². The molecule has 0 spiro atoms. The van der Waals surface area contributed by atoms with Crippen LogP contribution in [-0.4, -0.2) is 43.4 Å². The number of hydrogen-bond acceptors (Lipinski definition) is 3. The Morgan fingerprint density at radius 1 is 1.33 bits per heavy atom. The van der Waals surface area contributed by atoms with Crippen LogP contribution in [0.5, 0.6) is 0 Å². The van der Waals surface area contributed by atoms with Crippen LogP contribution in [0, 0.1) is 6.92 Å². The second kappa shape index (κ2) is 6.66. The van der Waals surface area contributed by atoms with Gasteiger partial charge in [-0.05, 0) is 32.0 Å². The molecule has 0 aromatic heterocycles. The highest BCUT2D eigenvalue weighted by Crippen LogP contribution is 2.06. The van der Waals surface area contributed by atoms with Crippen molar-refractivity contribution in [1.82, 2.24) is 10.2 Å². The number of aryl methyl sites for hydroxylation is 1. The molecule has 1 aliphatic rings. The summed E-state index contributed by atoms with van der Waals surface area (Å²) in [5.74, 6) is 0.322. The van der Waals surface area contributed by atoms with Crippen molar-refractivity contribution in [2.24, 2.45) is 0 Å². The summed E-state index contributed by atoms with van der Waals surface area (Å²) in [4.78, 5) is 14.3. The van der Waals surface area contributed by atoms with E-state index >= 15 is 0 Å². The Kier molecular flexibility index (Phi) is 4.90. The lowest BCUT2D eigenvalue weighted by atomic mass is 10.1. The van der Waals surface area contributed by atoms with E-state index in [1.165, 1.54) is 5.56 Å². The summed E-state index contributed by atoms with van der Waals surface area (Å²) in [5.41, 5.74) is 2.35. The molecule has 0 atom stereocenters. The van der Waals surface area contributed by atoms with Crippen molar-refractivity contribution in [3.05, 3.63) is 35.4 Å². The monoisotopic (exact) mass is 246 g/mol. The number of benzene rings is 1. The highest BCUT2D eigenvalue weighted by molar-refractivity contribution is 5.82.